The molecule has 0 aromatic heterocycles. The van der Waals surface area contributed by atoms with Crippen LogP contribution in [0.15, 0.2) is 0 Å². The van der Waals surface area contributed by atoms with Gasteiger partial charge in [-0.2, -0.15) is 0 Å². The predicted octanol–water partition coefficient (Wildman–Crippen LogP) is 1.75. The highest BCUT2D eigenvalue weighted by molar-refractivity contribution is 5.69. The van der Waals surface area contributed by atoms with Crippen molar-refractivity contribution in [3.63, 3.8) is 0 Å². The SMILES string of the molecule is CC1C2CCC(CN2)N1C(=O)OC(C)(C)C. The number of carbonyl (C=O) groups excluding carboxylic acids is 1. The lowest BCUT2D eigenvalue weighted by Gasteiger charge is -2.50. The normalized spacial score (nSPS) is 34.0. The third-order valence-corrected chi connectivity index (χ3v) is 3.45. The second-order valence-electron chi connectivity index (χ2n) is 5.87. The number of fused-ring (bicyclic) bond motifs is 3. The van der Waals surface area contributed by atoms with E-state index in [0.29, 0.717) is 12.1 Å². The van der Waals surface area contributed by atoms with E-state index in [2.05, 4.69) is 12.2 Å². The molecule has 0 aliphatic carbocycles. The molecule has 3 fully saturated rings. The summed E-state index contributed by atoms with van der Waals surface area (Å²) < 4.78 is 5.46. The molecule has 0 aromatic carbocycles. The minimum absolute atomic E-state index is 0.156. The summed E-state index contributed by atoms with van der Waals surface area (Å²) >= 11 is 0. The Bertz CT molecular complexity index is 275. The van der Waals surface area contributed by atoms with Crippen LogP contribution in [-0.4, -0.2) is 41.3 Å². The monoisotopic (exact) mass is 226 g/mol. The van der Waals surface area contributed by atoms with Crippen LogP contribution in [-0.2, 0) is 4.74 Å². The summed E-state index contributed by atoms with van der Waals surface area (Å²) in [4.78, 5) is 14.0. The summed E-state index contributed by atoms with van der Waals surface area (Å²) in [5.74, 6) is 0. The first-order valence-electron chi connectivity index (χ1n) is 6.13. The number of carbonyl (C=O) groups is 1. The Morgan fingerprint density at radius 2 is 2.06 bits per heavy atom. The maximum atomic E-state index is 12.1. The molecular formula is C12H22N2O2. The highest BCUT2D eigenvalue weighted by Gasteiger charge is 2.43. The maximum Gasteiger partial charge on any atom is 0.410 e. The van der Waals surface area contributed by atoms with Crippen molar-refractivity contribution in [2.75, 3.05) is 6.54 Å². The quantitative estimate of drug-likeness (QED) is 0.684. The molecule has 3 atom stereocenters. The van der Waals surface area contributed by atoms with E-state index in [-0.39, 0.29) is 12.1 Å². The first-order valence-corrected chi connectivity index (χ1v) is 6.13. The van der Waals surface area contributed by atoms with Crippen LogP contribution in [0, 0.1) is 0 Å². The highest BCUT2D eigenvalue weighted by atomic mass is 16.6. The van der Waals surface area contributed by atoms with Crippen molar-refractivity contribution in [1.29, 1.82) is 0 Å². The fourth-order valence-electron chi connectivity index (χ4n) is 2.67. The molecule has 2 bridgehead atoms. The van der Waals surface area contributed by atoms with Crippen molar-refractivity contribution in [2.24, 2.45) is 0 Å². The molecular weight excluding hydrogens is 204 g/mol. The average molecular weight is 226 g/mol. The molecule has 92 valence electrons. The van der Waals surface area contributed by atoms with Crippen molar-refractivity contribution >= 4 is 6.09 Å². The second kappa shape index (κ2) is 3.91. The first-order chi connectivity index (χ1) is 7.38. The lowest BCUT2D eigenvalue weighted by Crippen LogP contribution is -2.67. The summed E-state index contributed by atoms with van der Waals surface area (Å²) in [6.07, 6.45) is 2.11. The van der Waals surface area contributed by atoms with Gasteiger partial charge >= 0.3 is 6.09 Å². The van der Waals surface area contributed by atoms with E-state index in [9.17, 15) is 4.79 Å². The van der Waals surface area contributed by atoms with Gasteiger partial charge in [-0.15, -0.1) is 0 Å². The van der Waals surface area contributed by atoms with Gasteiger partial charge in [0.2, 0.25) is 0 Å². The smallest absolute Gasteiger partial charge is 0.410 e. The number of piperazine rings is 1. The van der Waals surface area contributed by atoms with E-state index < -0.39 is 5.60 Å². The Labute approximate surface area is 97.3 Å². The number of ether oxygens (including phenoxy) is 1. The minimum Gasteiger partial charge on any atom is -0.444 e. The van der Waals surface area contributed by atoms with Gasteiger partial charge in [-0.1, -0.05) is 0 Å². The molecule has 3 aliphatic rings. The van der Waals surface area contributed by atoms with E-state index in [1.54, 1.807) is 0 Å². The number of piperidine rings is 2. The molecule has 4 nitrogen and oxygen atoms in total. The maximum absolute atomic E-state index is 12.1. The number of nitrogens with one attached hydrogen (secondary N) is 1. The summed E-state index contributed by atoms with van der Waals surface area (Å²) in [7, 11) is 0. The van der Waals surface area contributed by atoms with Crippen LogP contribution in [0.3, 0.4) is 0 Å². The highest BCUT2D eigenvalue weighted by Crippen LogP contribution is 2.29. The molecule has 16 heavy (non-hydrogen) atoms. The van der Waals surface area contributed by atoms with E-state index in [4.69, 9.17) is 4.74 Å². The van der Waals surface area contributed by atoms with Crippen LogP contribution in [0.5, 0.6) is 0 Å². The Hall–Kier alpha value is -0.770. The van der Waals surface area contributed by atoms with Gasteiger partial charge in [-0.3, -0.25) is 4.90 Å². The van der Waals surface area contributed by atoms with Gasteiger partial charge in [0.15, 0.2) is 0 Å². The first kappa shape index (κ1) is 11.7. The summed E-state index contributed by atoms with van der Waals surface area (Å²) in [6.45, 7) is 8.75. The minimum atomic E-state index is -0.402. The van der Waals surface area contributed by atoms with E-state index >= 15 is 0 Å². The Kier molecular flexibility index (Phi) is 2.86. The number of rotatable bonds is 0. The molecule has 3 heterocycles. The van der Waals surface area contributed by atoms with Crippen LogP contribution in [0.25, 0.3) is 0 Å². The zero-order chi connectivity index (χ0) is 11.9. The Morgan fingerprint density at radius 3 is 2.50 bits per heavy atom. The Morgan fingerprint density at radius 1 is 1.38 bits per heavy atom. The number of hydrogen-bond acceptors (Lipinski definition) is 3. The van der Waals surface area contributed by atoms with E-state index in [0.717, 1.165) is 13.0 Å². The molecule has 0 spiro atoms. The lowest BCUT2D eigenvalue weighted by molar-refractivity contribution is -0.0235. The van der Waals surface area contributed by atoms with Gasteiger partial charge in [0.1, 0.15) is 5.60 Å². The van der Waals surface area contributed by atoms with Crippen LogP contribution in [0.1, 0.15) is 40.5 Å². The number of nitrogens with zero attached hydrogens (tertiary/aromatic N) is 1. The molecule has 0 radical (unpaired) electrons. The zero-order valence-electron chi connectivity index (χ0n) is 10.6. The van der Waals surface area contributed by atoms with E-state index in [1.165, 1.54) is 6.42 Å². The fraction of sp³-hybridized carbons (Fsp3) is 0.917. The van der Waals surface area contributed by atoms with Crippen molar-refractivity contribution < 1.29 is 9.53 Å². The largest absolute Gasteiger partial charge is 0.444 e. The van der Waals surface area contributed by atoms with Crippen LogP contribution >= 0.6 is 0 Å². The molecule has 1 N–H and O–H groups in total. The zero-order valence-corrected chi connectivity index (χ0v) is 10.6. The summed E-state index contributed by atoms with van der Waals surface area (Å²) in [6, 6.07) is 1.01. The standard InChI is InChI=1S/C12H22N2O2/c1-8-10-6-5-9(7-13-10)14(8)11(15)16-12(2,3)4/h8-10,13H,5-7H2,1-4H3. The van der Waals surface area contributed by atoms with Gasteiger partial charge in [0.25, 0.3) is 0 Å². The summed E-state index contributed by atoms with van der Waals surface area (Å²) in [5, 5.41) is 3.47. The van der Waals surface area contributed by atoms with Gasteiger partial charge in [-0.05, 0) is 40.5 Å². The topological polar surface area (TPSA) is 41.6 Å². The lowest BCUT2D eigenvalue weighted by atomic mass is 9.88. The van der Waals surface area contributed by atoms with Gasteiger partial charge in [0.05, 0.1) is 0 Å². The van der Waals surface area contributed by atoms with Crippen molar-refractivity contribution in [1.82, 2.24) is 10.2 Å². The van der Waals surface area contributed by atoms with Gasteiger partial charge in [0, 0.05) is 24.7 Å². The molecule has 3 saturated heterocycles. The molecule has 1 amide bonds. The summed E-state index contributed by atoms with van der Waals surface area (Å²) in [5.41, 5.74) is -0.402. The van der Waals surface area contributed by atoms with Crippen LogP contribution in [0.4, 0.5) is 4.79 Å². The van der Waals surface area contributed by atoms with Crippen molar-refractivity contribution in [3.8, 4) is 0 Å². The van der Waals surface area contributed by atoms with Gasteiger partial charge in [-0.25, -0.2) is 4.79 Å². The van der Waals surface area contributed by atoms with Crippen LogP contribution < -0.4 is 5.32 Å². The third-order valence-electron chi connectivity index (χ3n) is 3.45. The molecule has 3 aliphatic heterocycles. The number of amides is 1. The molecule has 0 saturated carbocycles. The molecule has 3 unspecified atom stereocenters. The van der Waals surface area contributed by atoms with Crippen molar-refractivity contribution in [3.05, 3.63) is 0 Å². The second-order valence-corrected chi connectivity index (χ2v) is 5.87. The molecule has 3 rings (SSSR count). The van der Waals surface area contributed by atoms with Crippen LogP contribution in [0.2, 0.25) is 0 Å². The third kappa shape index (κ3) is 2.17. The Balaban J connectivity index is 2.06. The van der Waals surface area contributed by atoms with E-state index in [1.807, 2.05) is 25.7 Å². The van der Waals surface area contributed by atoms with Crippen molar-refractivity contribution in [2.45, 2.75) is 64.3 Å². The predicted molar refractivity (Wildman–Crippen MR) is 62.3 cm³/mol. The molecule has 0 aromatic rings. The van der Waals surface area contributed by atoms with Gasteiger partial charge < -0.3 is 10.1 Å². The average Bonchev–Trinajstić information content (AvgIpc) is 2.16. The fourth-order valence-corrected chi connectivity index (χ4v) is 2.67. The number of hydrogen-bond donors (Lipinski definition) is 1. The molecule has 4 heteroatoms.